The molecule has 1 unspecified atom stereocenters. The lowest BCUT2D eigenvalue weighted by molar-refractivity contribution is 0.637. The lowest BCUT2D eigenvalue weighted by Crippen LogP contribution is -2.13. The van der Waals surface area contributed by atoms with Crippen molar-refractivity contribution in [2.75, 3.05) is 12.3 Å². The van der Waals surface area contributed by atoms with E-state index in [1.165, 1.54) is 33.5 Å². The Morgan fingerprint density at radius 3 is 2.72 bits per heavy atom. The molecule has 1 aromatic carbocycles. The molecule has 102 valence electrons. The molecule has 18 heavy (non-hydrogen) atoms. The van der Waals surface area contributed by atoms with E-state index in [9.17, 15) is 0 Å². The van der Waals surface area contributed by atoms with Crippen LogP contribution in [0.4, 0.5) is 0 Å². The highest BCUT2D eigenvalue weighted by atomic mass is 79.9. The van der Waals surface area contributed by atoms with Crippen molar-refractivity contribution in [2.45, 2.75) is 45.1 Å². The topological polar surface area (TPSA) is 12.0 Å². The molecule has 1 atom stereocenters. The monoisotopic (exact) mass is 329 g/mol. The summed E-state index contributed by atoms with van der Waals surface area (Å²) in [5.41, 5.74) is 1.35. The van der Waals surface area contributed by atoms with E-state index in [1.807, 2.05) is 11.8 Å². The van der Waals surface area contributed by atoms with Gasteiger partial charge in [0.05, 0.1) is 0 Å². The van der Waals surface area contributed by atoms with Gasteiger partial charge in [0.15, 0.2) is 0 Å². The Labute approximate surface area is 124 Å². The van der Waals surface area contributed by atoms with E-state index < -0.39 is 0 Å². The fourth-order valence-electron chi connectivity index (χ4n) is 1.53. The second-order valence-electron chi connectivity index (χ2n) is 4.77. The van der Waals surface area contributed by atoms with Crippen LogP contribution >= 0.6 is 27.7 Å². The molecule has 0 aliphatic carbocycles. The molecule has 0 aliphatic heterocycles. The molecule has 3 heteroatoms. The van der Waals surface area contributed by atoms with Crippen LogP contribution in [0, 0.1) is 5.92 Å². The zero-order valence-electron chi connectivity index (χ0n) is 11.6. The maximum Gasteiger partial charge on any atom is 0.0314 e. The van der Waals surface area contributed by atoms with Gasteiger partial charge >= 0.3 is 0 Å². The van der Waals surface area contributed by atoms with Crippen LogP contribution in [0.2, 0.25) is 0 Å². The predicted molar refractivity (Wildman–Crippen MR) is 86.3 cm³/mol. The molecular formula is C15H24BrNS. The van der Waals surface area contributed by atoms with E-state index in [1.54, 1.807) is 0 Å². The van der Waals surface area contributed by atoms with Gasteiger partial charge in [0.25, 0.3) is 0 Å². The fraction of sp³-hybridized carbons (Fsp3) is 0.600. The Bertz CT molecular complexity index is 354. The number of benzene rings is 1. The summed E-state index contributed by atoms with van der Waals surface area (Å²) in [6.07, 6.45) is 2.44. The summed E-state index contributed by atoms with van der Waals surface area (Å²) < 4.78 is 1.23. The molecule has 0 heterocycles. The molecule has 0 amide bonds. The molecule has 0 spiro atoms. The summed E-state index contributed by atoms with van der Waals surface area (Å²) in [5, 5.41) is 3.43. The van der Waals surface area contributed by atoms with Gasteiger partial charge in [-0.1, -0.05) is 33.3 Å². The SMILES string of the molecule is CCCNCc1ccc(SCC(C)CC)c(Br)c1. The third kappa shape index (κ3) is 5.77. The van der Waals surface area contributed by atoms with Gasteiger partial charge in [0.1, 0.15) is 0 Å². The first kappa shape index (κ1) is 16.1. The van der Waals surface area contributed by atoms with Gasteiger partial charge in [-0.3, -0.25) is 0 Å². The van der Waals surface area contributed by atoms with Crippen LogP contribution in [0.5, 0.6) is 0 Å². The Hall–Kier alpha value is 0.01000. The summed E-state index contributed by atoms with van der Waals surface area (Å²) in [5.74, 6) is 1.98. The van der Waals surface area contributed by atoms with Crippen molar-refractivity contribution >= 4 is 27.7 Å². The number of nitrogens with one attached hydrogen (secondary N) is 1. The van der Waals surface area contributed by atoms with Crippen LogP contribution in [0.15, 0.2) is 27.6 Å². The lowest BCUT2D eigenvalue weighted by Gasteiger charge is -2.10. The minimum Gasteiger partial charge on any atom is -0.313 e. The summed E-state index contributed by atoms with van der Waals surface area (Å²) in [6.45, 7) is 8.80. The van der Waals surface area contributed by atoms with E-state index in [2.05, 4.69) is 60.2 Å². The van der Waals surface area contributed by atoms with Crippen LogP contribution in [0.1, 0.15) is 39.2 Å². The standard InChI is InChI=1S/C15H24BrNS/c1-4-8-17-10-13-6-7-15(14(16)9-13)18-11-12(3)5-2/h6-7,9,12,17H,4-5,8,10-11H2,1-3H3. The van der Waals surface area contributed by atoms with Crippen LogP contribution in [0.25, 0.3) is 0 Å². The zero-order valence-corrected chi connectivity index (χ0v) is 14.0. The molecular weight excluding hydrogens is 306 g/mol. The number of halogens is 1. The molecule has 1 nitrogen and oxygen atoms in total. The molecule has 0 bridgehead atoms. The first-order valence-electron chi connectivity index (χ1n) is 6.79. The van der Waals surface area contributed by atoms with E-state index in [-0.39, 0.29) is 0 Å². The second kappa shape index (κ2) is 9.00. The highest BCUT2D eigenvalue weighted by Crippen LogP contribution is 2.30. The van der Waals surface area contributed by atoms with Gasteiger partial charge in [-0.2, -0.15) is 0 Å². The van der Waals surface area contributed by atoms with Crippen LogP contribution < -0.4 is 5.32 Å². The minimum absolute atomic E-state index is 0.785. The Morgan fingerprint density at radius 1 is 1.33 bits per heavy atom. The molecule has 1 N–H and O–H groups in total. The molecule has 0 fully saturated rings. The van der Waals surface area contributed by atoms with Crippen LogP contribution in [-0.2, 0) is 6.54 Å². The highest BCUT2D eigenvalue weighted by Gasteiger charge is 2.05. The van der Waals surface area contributed by atoms with Crippen molar-refractivity contribution in [3.8, 4) is 0 Å². The Morgan fingerprint density at radius 2 is 2.11 bits per heavy atom. The number of rotatable bonds is 8. The summed E-state index contributed by atoms with van der Waals surface area (Å²) >= 11 is 5.63. The molecule has 0 saturated carbocycles. The van der Waals surface area contributed by atoms with Gasteiger partial charge in [-0.05, 0) is 52.5 Å². The first-order valence-corrected chi connectivity index (χ1v) is 8.57. The minimum atomic E-state index is 0.785. The second-order valence-corrected chi connectivity index (χ2v) is 6.68. The van der Waals surface area contributed by atoms with Crippen molar-refractivity contribution in [1.29, 1.82) is 0 Å². The summed E-state index contributed by atoms with van der Waals surface area (Å²) in [7, 11) is 0. The normalized spacial score (nSPS) is 12.7. The summed E-state index contributed by atoms with van der Waals surface area (Å²) in [6, 6.07) is 6.70. The van der Waals surface area contributed by atoms with Crippen molar-refractivity contribution in [2.24, 2.45) is 5.92 Å². The fourth-order valence-corrected chi connectivity index (χ4v) is 3.36. The molecule has 1 aromatic rings. The van der Waals surface area contributed by atoms with Gasteiger partial charge in [0, 0.05) is 21.7 Å². The van der Waals surface area contributed by atoms with E-state index in [4.69, 9.17) is 0 Å². The maximum atomic E-state index is 3.68. The molecule has 0 radical (unpaired) electrons. The summed E-state index contributed by atoms with van der Waals surface area (Å²) in [4.78, 5) is 1.36. The number of hydrogen-bond acceptors (Lipinski definition) is 2. The third-order valence-electron chi connectivity index (χ3n) is 2.97. The van der Waals surface area contributed by atoms with Gasteiger partial charge in [-0.25, -0.2) is 0 Å². The molecule has 0 aromatic heterocycles. The molecule has 0 aliphatic rings. The average molecular weight is 330 g/mol. The smallest absolute Gasteiger partial charge is 0.0314 e. The largest absolute Gasteiger partial charge is 0.313 e. The van der Waals surface area contributed by atoms with Crippen molar-refractivity contribution in [3.05, 3.63) is 28.2 Å². The predicted octanol–water partition coefficient (Wildman–Crippen LogP) is 5.09. The van der Waals surface area contributed by atoms with Gasteiger partial charge < -0.3 is 5.32 Å². The molecule has 0 saturated heterocycles. The van der Waals surface area contributed by atoms with E-state index in [0.717, 1.165) is 19.0 Å². The quantitative estimate of drug-likeness (QED) is 0.526. The average Bonchev–Trinajstić information content (AvgIpc) is 2.37. The van der Waals surface area contributed by atoms with Crippen molar-refractivity contribution < 1.29 is 0 Å². The number of hydrogen-bond donors (Lipinski definition) is 1. The van der Waals surface area contributed by atoms with Gasteiger partial charge in [0.2, 0.25) is 0 Å². The number of thioether (sulfide) groups is 1. The van der Waals surface area contributed by atoms with E-state index >= 15 is 0 Å². The maximum absolute atomic E-state index is 3.68. The first-order chi connectivity index (χ1) is 8.67. The van der Waals surface area contributed by atoms with Crippen LogP contribution in [-0.4, -0.2) is 12.3 Å². The van der Waals surface area contributed by atoms with Crippen molar-refractivity contribution in [3.63, 3.8) is 0 Å². The Balaban J connectivity index is 2.51. The zero-order chi connectivity index (χ0) is 13.4. The van der Waals surface area contributed by atoms with Crippen molar-refractivity contribution in [1.82, 2.24) is 5.32 Å². The van der Waals surface area contributed by atoms with E-state index in [0.29, 0.717) is 0 Å². The lowest BCUT2D eigenvalue weighted by atomic mass is 10.2. The third-order valence-corrected chi connectivity index (χ3v) is 5.29. The van der Waals surface area contributed by atoms with Gasteiger partial charge in [-0.15, -0.1) is 11.8 Å². The van der Waals surface area contributed by atoms with Crippen LogP contribution in [0.3, 0.4) is 0 Å². The Kier molecular flexibility index (Phi) is 8.03. The highest BCUT2D eigenvalue weighted by molar-refractivity contribution is 9.10. The molecule has 1 rings (SSSR count).